The minimum Gasteiger partial charge on any atom is -0.391 e. The third-order valence-corrected chi connectivity index (χ3v) is 7.07. The molecule has 2 aliphatic rings. The van der Waals surface area contributed by atoms with Gasteiger partial charge in [0, 0.05) is 24.5 Å². The average Bonchev–Trinajstić information content (AvgIpc) is 3.29. The lowest BCUT2D eigenvalue weighted by Gasteiger charge is -2.26. The van der Waals surface area contributed by atoms with Crippen LogP contribution < -0.4 is 5.32 Å². The highest BCUT2D eigenvalue weighted by atomic mass is 32.1. The predicted octanol–water partition coefficient (Wildman–Crippen LogP) is 3.10. The van der Waals surface area contributed by atoms with Crippen molar-refractivity contribution in [3.05, 3.63) is 16.3 Å². The SMILES string of the molecule is Cc1sc2nc(CN3CCOCC3)nc(NCC(O)C3CCCC3)c2c1C. The van der Waals surface area contributed by atoms with Crippen molar-refractivity contribution >= 4 is 27.4 Å². The lowest BCUT2D eigenvalue weighted by Crippen LogP contribution is -2.36. The maximum absolute atomic E-state index is 10.6. The number of nitrogens with one attached hydrogen (secondary N) is 1. The number of aliphatic hydroxyl groups excluding tert-OH is 1. The van der Waals surface area contributed by atoms with E-state index in [-0.39, 0.29) is 6.10 Å². The second kappa shape index (κ2) is 8.39. The number of aliphatic hydroxyl groups is 1. The molecule has 1 saturated carbocycles. The lowest BCUT2D eigenvalue weighted by atomic mass is 10.0. The van der Waals surface area contributed by atoms with Gasteiger partial charge < -0.3 is 15.2 Å². The molecule has 1 unspecified atom stereocenters. The molecule has 148 valence electrons. The molecule has 0 amide bonds. The lowest BCUT2D eigenvalue weighted by molar-refractivity contribution is 0.0331. The van der Waals surface area contributed by atoms with Crippen molar-refractivity contribution in [2.75, 3.05) is 38.2 Å². The van der Waals surface area contributed by atoms with E-state index in [0.29, 0.717) is 12.5 Å². The van der Waals surface area contributed by atoms with Crippen LogP contribution in [0.15, 0.2) is 0 Å². The molecule has 4 rings (SSSR count). The Morgan fingerprint density at radius 1 is 1.22 bits per heavy atom. The molecule has 1 saturated heterocycles. The highest BCUT2D eigenvalue weighted by Crippen LogP contribution is 2.34. The fraction of sp³-hybridized carbons (Fsp3) is 0.700. The molecule has 3 heterocycles. The van der Waals surface area contributed by atoms with E-state index in [0.717, 1.165) is 67.5 Å². The van der Waals surface area contributed by atoms with Crippen LogP contribution in [-0.2, 0) is 11.3 Å². The molecule has 27 heavy (non-hydrogen) atoms. The van der Waals surface area contributed by atoms with Gasteiger partial charge in [0.15, 0.2) is 0 Å². The van der Waals surface area contributed by atoms with Crippen LogP contribution in [0.2, 0.25) is 0 Å². The monoisotopic (exact) mass is 390 g/mol. The van der Waals surface area contributed by atoms with Crippen molar-refractivity contribution in [1.29, 1.82) is 0 Å². The fourth-order valence-corrected chi connectivity index (χ4v) is 5.21. The summed E-state index contributed by atoms with van der Waals surface area (Å²) in [6.07, 6.45) is 4.46. The van der Waals surface area contributed by atoms with Gasteiger partial charge >= 0.3 is 0 Å². The maximum Gasteiger partial charge on any atom is 0.146 e. The number of nitrogens with zero attached hydrogens (tertiary/aromatic N) is 3. The third-order valence-electron chi connectivity index (χ3n) is 5.97. The van der Waals surface area contributed by atoms with Gasteiger partial charge in [-0.3, -0.25) is 4.90 Å². The highest BCUT2D eigenvalue weighted by molar-refractivity contribution is 7.18. The second-order valence-electron chi connectivity index (χ2n) is 7.83. The van der Waals surface area contributed by atoms with Crippen LogP contribution in [0.1, 0.15) is 41.9 Å². The van der Waals surface area contributed by atoms with Crippen molar-refractivity contribution < 1.29 is 9.84 Å². The largest absolute Gasteiger partial charge is 0.391 e. The molecular weight excluding hydrogens is 360 g/mol. The Morgan fingerprint density at radius 3 is 2.70 bits per heavy atom. The zero-order chi connectivity index (χ0) is 18.8. The van der Waals surface area contributed by atoms with Gasteiger partial charge in [0.1, 0.15) is 16.5 Å². The minimum absolute atomic E-state index is 0.305. The summed E-state index contributed by atoms with van der Waals surface area (Å²) in [6, 6.07) is 0. The van der Waals surface area contributed by atoms with Crippen LogP contribution in [-0.4, -0.2) is 58.9 Å². The van der Waals surface area contributed by atoms with Gasteiger partial charge in [0.05, 0.1) is 31.2 Å². The molecule has 1 aliphatic carbocycles. The topological polar surface area (TPSA) is 70.5 Å². The summed E-state index contributed by atoms with van der Waals surface area (Å²) < 4.78 is 5.44. The number of hydrogen-bond acceptors (Lipinski definition) is 7. The molecule has 2 N–H and O–H groups in total. The number of aryl methyl sites for hydroxylation is 2. The molecule has 0 bridgehead atoms. The summed E-state index contributed by atoms with van der Waals surface area (Å²) in [5.74, 6) is 2.15. The van der Waals surface area contributed by atoms with E-state index >= 15 is 0 Å². The number of aromatic nitrogens is 2. The van der Waals surface area contributed by atoms with Crippen molar-refractivity contribution in [2.24, 2.45) is 5.92 Å². The van der Waals surface area contributed by atoms with Crippen molar-refractivity contribution in [1.82, 2.24) is 14.9 Å². The number of thiophene rings is 1. The Labute approximate surface area is 165 Å². The second-order valence-corrected chi connectivity index (χ2v) is 9.04. The van der Waals surface area contributed by atoms with E-state index in [1.54, 1.807) is 11.3 Å². The van der Waals surface area contributed by atoms with Crippen LogP contribution in [0.5, 0.6) is 0 Å². The van der Waals surface area contributed by atoms with Crippen LogP contribution in [0.4, 0.5) is 5.82 Å². The van der Waals surface area contributed by atoms with Crippen molar-refractivity contribution in [2.45, 2.75) is 52.2 Å². The van der Waals surface area contributed by atoms with Gasteiger partial charge in [0.25, 0.3) is 0 Å². The third kappa shape index (κ3) is 4.26. The van der Waals surface area contributed by atoms with E-state index in [1.807, 2.05) is 0 Å². The van der Waals surface area contributed by atoms with Crippen LogP contribution in [0.25, 0.3) is 10.2 Å². The number of ether oxygens (including phenoxy) is 1. The molecule has 0 spiro atoms. The van der Waals surface area contributed by atoms with Crippen LogP contribution >= 0.6 is 11.3 Å². The first-order valence-electron chi connectivity index (χ1n) is 10.1. The summed E-state index contributed by atoms with van der Waals surface area (Å²) in [5.41, 5.74) is 1.24. The Balaban J connectivity index is 1.56. The van der Waals surface area contributed by atoms with Gasteiger partial charge in [-0.1, -0.05) is 12.8 Å². The summed E-state index contributed by atoms with van der Waals surface area (Å²) in [7, 11) is 0. The first-order chi connectivity index (χ1) is 13.1. The van der Waals surface area contributed by atoms with Crippen LogP contribution in [0.3, 0.4) is 0 Å². The smallest absolute Gasteiger partial charge is 0.146 e. The zero-order valence-electron chi connectivity index (χ0n) is 16.3. The highest BCUT2D eigenvalue weighted by Gasteiger charge is 2.24. The van der Waals surface area contributed by atoms with E-state index in [1.165, 1.54) is 23.3 Å². The first kappa shape index (κ1) is 19.1. The number of fused-ring (bicyclic) bond motifs is 1. The van der Waals surface area contributed by atoms with Gasteiger partial charge in [-0.25, -0.2) is 9.97 Å². The van der Waals surface area contributed by atoms with E-state index in [4.69, 9.17) is 14.7 Å². The molecule has 2 aromatic heterocycles. The van der Waals surface area contributed by atoms with E-state index < -0.39 is 0 Å². The van der Waals surface area contributed by atoms with Crippen LogP contribution in [0, 0.1) is 19.8 Å². The Morgan fingerprint density at radius 2 is 1.96 bits per heavy atom. The summed E-state index contributed by atoms with van der Waals surface area (Å²) in [4.78, 5) is 14.4. The van der Waals surface area contributed by atoms with Crippen molar-refractivity contribution in [3.63, 3.8) is 0 Å². The molecule has 2 aromatic rings. The zero-order valence-corrected chi connectivity index (χ0v) is 17.1. The fourth-order valence-electron chi connectivity index (χ4n) is 4.16. The number of morpholine rings is 1. The molecule has 1 atom stereocenters. The normalized spacial score (nSPS) is 20.4. The van der Waals surface area contributed by atoms with Gasteiger partial charge in [0.2, 0.25) is 0 Å². The van der Waals surface area contributed by atoms with Gasteiger partial charge in [-0.15, -0.1) is 11.3 Å². The Hall–Kier alpha value is -1.28. The number of hydrogen-bond donors (Lipinski definition) is 2. The van der Waals surface area contributed by atoms with E-state index in [2.05, 4.69) is 24.1 Å². The molecule has 7 heteroatoms. The average molecular weight is 391 g/mol. The summed E-state index contributed by atoms with van der Waals surface area (Å²) >= 11 is 1.73. The molecule has 0 aromatic carbocycles. The molecule has 0 radical (unpaired) electrons. The molecule has 1 aliphatic heterocycles. The Kier molecular flexibility index (Phi) is 5.92. The molecule has 2 fully saturated rings. The minimum atomic E-state index is -0.305. The summed E-state index contributed by atoms with van der Waals surface area (Å²) in [6.45, 7) is 8.98. The quantitative estimate of drug-likeness (QED) is 0.790. The van der Waals surface area contributed by atoms with Gasteiger partial charge in [-0.05, 0) is 38.2 Å². The molecular formula is C20H30N4O2S. The number of anilines is 1. The Bertz CT molecular complexity index is 782. The maximum atomic E-state index is 10.6. The van der Waals surface area contributed by atoms with Crippen molar-refractivity contribution in [3.8, 4) is 0 Å². The van der Waals surface area contributed by atoms with Gasteiger partial charge in [-0.2, -0.15) is 0 Å². The standard InChI is InChI=1S/C20H30N4O2S/c1-13-14(2)27-20-18(13)19(21-11-16(25)15-5-3-4-6-15)22-17(23-20)12-24-7-9-26-10-8-24/h15-16,25H,3-12H2,1-2H3,(H,21,22,23). The summed E-state index contributed by atoms with van der Waals surface area (Å²) in [5, 5.41) is 15.1. The predicted molar refractivity (Wildman–Crippen MR) is 109 cm³/mol. The van der Waals surface area contributed by atoms with E-state index in [9.17, 15) is 5.11 Å². The molecule has 6 nitrogen and oxygen atoms in total. The number of rotatable bonds is 6. The first-order valence-corrected chi connectivity index (χ1v) is 10.9.